The average Bonchev–Trinajstić information content (AvgIpc) is 2.39. The molecule has 7 heteroatoms. The molecular weight excluding hydrogens is 290 g/mol. The second-order valence-electron chi connectivity index (χ2n) is 4.28. The summed E-state index contributed by atoms with van der Waals surface area (Å²) in [4.78, 5) is 14.4. The molecule has 2 aromatic rings. The minimum Gasteiger partial charge on any atom is -0.481 e. The summed E-state index contributed by atoms with van der Waals surface area (Å²) in [5, 5.41) is 8.66. The Kier molecular flexibility index (Phi) is 3.93. The van der Waals surface area contributed by atoms with Crippen molar-refractivity contribution in [3.8, 4) is 11.3 Å². The van der Waals surface area contributed by atoms with Crippen LogP contribution in [0.1, 0.15) is 11.3 Å². The van der Waals surface area contributed by atoms with Crippen LogP contribution >= 0.6 is 0 Å². The van der Waals surface area contributed by atoms with Gasteiger partial charge < -0.3 is 5.11 Å². The van der Waals surface area contributed by atoms with E-state index in [1.54, 1.807) is 0 Å². The monoisotopic (exact) mass is 299 g/mol. The molecule has 1 heterocycles. The lowest BCUT2D eigenvalue weighted by Crippen LogP contribution is -2.05. The number of halogens is 4. The zero-order valence-corrected chi connectivity index (χ0v) is 10.5. The minimum absolute atomic E-state index is 0.124. The van der Waals surface area contributed by atoms with Gasteiger partial charge in [0.15, 0.2) is 0 Å². The van der Waals surface area contributed by atoms with Crippen molar-refractivity contribution in [1.82, 2.24) is 4.98 Å². The fourth-order valence-corrected chi connectivity index (χ4v) is 1.76. The lowest BCUT2D eigenvalue weighted by molar-refractivity contribution is -0.138. The normalized spacial score (nSPS) is 11.4. The third-order valence-corrected chi connectivity index (χ3v) is 2.72. The Hall–Kier alpha value is -2.44. The molecule has 0 amide bonds. The minimum atomic E-state index is -4.48. The van der Waals surface area contributed by atoms with Gasteiger partial charge in [-0.25, -0.2) is 9.37 Å². The van der Waals surface area contributed by atoms with Crippen molar-refractivity contribution in [2.75, 3.05) is 0 Å². The van der Waals surface area contributed by atoms with E-state index in [1.165, 1.54) is 6.07 Å². The second-order valence-corrected chi connectivity index (χ2v) is 4.28. The van der Waals surface area contributed by atoms with E-state index in [4.69, 9.17) is 5.11 Å². The molecule has 3 nitrogen and oxygen atoms in total. The van der Waals surface area contributed by atoms with E-state index in [2.05, 4.69) is 4.98 Å². The Labute approximate surface area is 116 Å². The molecule has 0 saturated heterocycles. The molecule has 0 radical (unpaired) electrons. The van der Waals surface area contributed by atoms with Gasteiger partial charge in [-0.05, 0) is 24.3 Å². The first-order valence-electron chi connectivity index (χ1n) is 5.82. The van der Waals surface area contributed by atoms with Crippen LogP contribution in [0.5, 0.6) is 0 Å². The summed E-state index contributed by atoms with van der Waals surface area (Å²) in [6.07, 6.45) is -4.87. The number of pyridine rings is 1. The molecule has 1 aromatic carbocycles. The second kappa shape index (κ2) is 5.51. The van der Waals surface area contributed by atoms with Gasteiger partial charge in [-0.15, -0.1) is 0 Å². The summed E-state index contributed by atoms with van der Waals surface area (Å²) in [5.41, 5.74) is -0.762. The number of carbonyl (C=O) groups is 1. The predicted octanol–water partition coefficient (Wildman–Crippen LogP) is 3.53. The van der Waals surface area contributed by atoms with Crippen molar-refractivity contribution in [2.24, 2.45) is 0 Å². The predicted molar refractivity (Wildman–Crippen MR) is 66.0 cm³/mol. The molecule has 0 aliphatic rings. The van der Waals surface area contributed by atoms with Gasteiger partial charge in [-0.3, -0.25) is 4.79 Å². The average molecular weight is 299 g/mol. The van der Waals surface area contributed by atoms with Crippen molar-refractivity contribution >= 4 is 5.97 Å². The van der Waals surface area contributed by atoms with E-state index in [1.807, 2.05) is 0 Å². The van der Waals surface area contributed by atoms with Crippen LogP contribution in [-0.4, -0.2) is 16.1 Å². The van der Waals surface area contributed by atoms with Crippen LogP contribution in [0.15, 0.2) is 36.4 Å². The highest BCUT2D eigenvalue weighted by Crippen LogP contribution is 2.31. The molecule has 0 aliphatic carbocycles. The molecule has 21 heavy (non-hydrogen) atoms. The molecule has 0 fully saturated rings. The summed E-state index contributed by atoms with van der Waals surface area (Å²) in [6.45, 7) is 0. The molecule has 0 bridgehead atoms. The van der Waals surface area contributed by atoms with E-state index in [-0.39, 0.29) is 17.0 Å². The standard InChI is InChI=1S/C14H9F4NO2/c15-11-6-5-10(7-12(20)21)19-13(11)8-1-3-9(4-2-8)14(16,17)18/h1-6H,7H2,(H,20,21). The first kappa shape index (κ1) is 15.0. The van der Waals surface area contributed by atoms with Crippen LogP contribution in [0.2, 0.25) is 0 Å². The van der Waals surface area contributed by atoms with Crippen LogP contribution in [0.4, 0.5) is 17.6 Å². The van der Waals surface area contributed by atoms with E-state index in [0.717, 1.165) is 30.3 Å². The van der Waals surface area contributed by atoms with Crippen LogP contribution in [-0.2, 0) is 17.4 Å². The maximum atomic E-state index is 13.7. The fourth-order valence-electron chi connectivity index (χ4n) is 1.76. The van der Waals surface area contributed by atoms with Gasteiger partial charge in [0.2, 0.25) is 0 Å². The van der Waals surface area contributed by atoms with Gasteiger partial charge >= 0.3 is 12.1 Å². The summed E-state index contributed by atoms with van der Waals surface area (Å²) >= 11 is 0. The van der Waals surface area contributed by atoms with Gasteiger partial charge in [0.1, 0.15) is 11.5 Å². The van der Waals surface area contributed by atoms with Crippen molar-refractivity contribution in [3.63, 3.8) is 0 Å². The van der Waals surface area contributed by atoms with Crippen LogP contribution in [0.3, 0.4) is 0 Å². The number of hydrogen-bond acceptors (Lipinski definition) is 2. The highest BCUT2D eigenvalue weighted by atomic mass is 19.4. The number of alkyl halides is 3. The topological polar surface area (TPSA) is 50.2 Å². The quantitative estimate of drug-likeness (QED) is 0.882. The Balaban J connectivity index is 2.39. The highest BCUT2D eigenvalue weighted by Gasteiger charge is 2.30. The van der Waals surface area contributed by atoms with Gasteiger partial charge in [0, 0.05) is 5.56 Å². The molecule has 0 aliphatic heterocycles. The summed E-state index contributed by atoms with van der Waals surface area (Å²) < 4.78 is 51.1. The van der Waals surface area contributed by atoms with Crippen LogP contribution in [0, 0.1) is 5.82 Å². The molecule has 0 atom stereocenters. The Morgan fingerprint density at radius 1 is 1.10 bits per heavy atom. The molecule has 110 valence electrons. The number of benzene rings is 1. The molecular formula is C14H9F4NO2. The SMILES string of the molecule is O=C(O)Cc1ccc(F)c(-c2ccc(C(F)(F)F)cc2)n1. The Bertz CT molecular complexity index is 666. The van der Waals surface area contributed by atoms with Crippen LogP contribution < -0.4 is 0 Å². The molecule has 2 rings (SSSR count). The molecule has 1 N–H and O–H groups in total. The fraction of sp³-hybridized carbons (Fsp3) is 0.143. The first-order chi connectivity index (χ1) is 9.77. The van der Waals surface area contributed by atoms with Gasteiger partial charge in [-0.2, -0.15) is 13.2 Å². The number of carboxylic acids is 1. The molecule has 0 spiro atoms. The largest absolute Gasteiger partial charge is 0.481 e. The lowest BCUT2D eigenvalue weighted by Gasteiger charge is -2.08. The van der Waals surface area contributed by atoms with Crippen molar-refractivity contribution in [1.29, 1.82) is 0 Å². The Morgan fingerprint density at radius 3 is 2.24 bits per heavy atom. The first-order valence-corrected chi connectivity index (χ1v) is 5.82. The third kappa shape index (κ3) is 3.56. The van der Waals surface area contributed by atoms with Crippen molar-refractivity contribution < 1.29 is 27.5 Å². The number of nitrogens with zero attached hydrogens (tertiary/aromatic N) is 1. The maximum absolute atomic E-state index is 13.7. The van der Waals surface area contributed by atoms with E-state index in [9.17, 15) is 22.4 Å². The number of rotatable bonds is 3. The number of aliphatic carboxylic acids is 1. The van der Waals surface area contributed by atoms with Gasteiger partial charge in [-0.1, -0.05) is 12.1 Å². The third-order valence-electron chi connectivity index (χ3n) is 2.72. The highest BCUT2D eigenvalue weighted by molar-refractivity contribution is 5.70. The number of aromatic nitrogens is 1. The van der Waals surface area contributed by atoms with Crippen LogP contribution in [0.25, 0.3) is 11.3 Å². The zero-order chi connectivity index (χ0) is 15.6. The molecule has 0 saturated carbocycles. The maximum Gasteiger partial charge on any atom is 0.416 e. The van der Waals surface area contributed by atoms with Crippen molar-refractivity contribution in [2.45, 2.75) is 12.6 Å². The zero-order valence-electron chi connectivity index (χ0n) is 10.5. The van der Waals surface area contributed by atoms with E-state index < -0.39 is 29.9 Å². The summed E-state index contributed by atoms with van der Waals surface area (Å²) in [5.74, 6) is -1.86. The smallest absolute Gasteiger partial charge is 0.416 e. The summed E-state index contributed by atoms with van der Waals surface area (Å²) in [7, 11) is 0. The Morgan fingerprint density at radius 2 is 1.71 bits per heavy atom. The number of carboxylic acid groups (broad SMARTS) is 1. The van der Waals surface area contributed by atoms with Gasteiger partial charge in [0.05, 0.1) is 17.7 Å². The summed E-state index contributed by atoms with van der Waals surface area (Å²) in [6, 6.07) is 6.09. The molecule has 1 aromatic heterocycles. The molecule has 0 unspecified atom stereocenters. The number of hydrogen-bond donors (Lipinski definition) is 1. The lowest BCUT2D eigenvalue weighted by atomic mass is 10.1. The van der Waals surface area contributed by atoms with E-state index in [0.29, 0.717) is 0 Å². The van der Waals surface area contributed by atoms with E-state index >= 15 is 0 Å². The van der Waals surface area contributed by atoms with Gasteiger partial charge in [0.25, 0.3) is 0 Å². The van der Waals surface area contributed by atoms with Crippen molar-refractivity contribution in [3.05, 3.63) is 53.5 Å².